The maximum absolute atomic E-state index is 13.7. The van der Waals surface area contributed by atoms with Crippen LogP contribution >= 0.6 is 11.8 Å². The van der Waals surface area contributed by atoms with E-state index >= 15 is 0 Å². The number of para-hydroxylation sites is 1. The van der Waals surface area contributed by atoms with Crippen LogP contribution in [0.25, 0.3) is 17.0 Å². The summed E-state index contributed by atoms with van der Waals surface area (Å²) in [5, 5.41) is 9.00. The summed E-state index contributed by atoms with van der Waals surface area (Å²) in [4.78, 5) is 44.5. The number of carbonyl (C=O) groups excluding carboxylic acids is 3. The van der Waals surface area contributed by atoms with Gasteiger partial charge in [0.2, 0.25) is 5.91 Å². The van der Waals surface area contributed by atoms with E-state index in [2.05, 4.69) is 20.9 Å². The van der Waals surface area contributed by atoms with Gasteiger partial charge in [0.15, 0.2) is 0 Å². The molecule has 0 aliphatic heterocycles. The number of rotatable bonds is 12. The lowest BCUT2D eigenvalue weighted by Gasteiger charge is -2.19. The molecule has 0 fully saturated rings. The molecule has 1 atom stereocenters. The number of anilines is 2. The quantitative estimate of drug-likeness (QED) is 0.0766. The molecule has 0 spiro atoms. The largest absolute Gasteiger partial charge is 0.497 e. The molecule has 9 nitrogen and oxygen atoms in total. The zero-order chi connectivity index (χ0) is 34.9. The van der Waals surface area contributed by atoms with Gasteiger partial charge in [0, 0.05) is 44.9 Å². The summed E-state index contributed by atoms with van der Waals surface area (Å²) in [5.41, 5.74) is 3.99. The number of aromatic nitrogens is 1. The number of ether oxygens (including phenoxy) is 2. The predicted octanol–water partition coefficient (Wildman–Crippen LogP) is 8.07. The van der Waals surface area contributed by atoms with Gasteiger partial charge in [-0.05, 0) is 66.2 Å². The molecule has 50 heavy (non-hydrogen) atoms. The molecule has 5 aromatic carbocycles. The first-order valence-electron chi connectivity index (χ1n) is 15.7. The van der Waals surface area contributed by atoms with Gasteiger partial charge in [-0.2, -0.15) is 0 Å². The number of carbonyl (C=O) groups is 3. The van der Waals surface area contributed by atoms with E-state index in [-0.39, 0.29) is 11.6 Å². The monoisotopic (exact) mass is 682 g/mol. The molecule has 0 aliphatic carbocycles. The zero-order valence-corrected chi connectivity index (χ0v) is 28.1. The van der Waals surface area contributed by atoms with Crippen molar-refractivity contribution in [2.24, 2.45) is 0 Å². The number of nitrogens with one attached hydrogen (secondary N) is 4. The van der Waals surface area contributed by atoms with Crippen LogP contribution < -0.4 is 25.4 Å². The molecule has 6 aromatic rings. The van der Waals surface area contributed by atoms with E-state index in [1.807, 2.05) is 72.8 Å². The summed E-state index contributed by atoms with van der Waals surface area (Å²) in [6.45, 7) is 0. The van der Waals surface area contributed by atoms with Gasteiger partial charge in [-0.15, -0.1) is 11.8 Å². The van der Waals surface area contributed by atoms with E-state index in [9.17, 15) is 14.4 Å². The molecule has 0 saturated carbocycles. The van der Waals surface area contributed by atoms with Crippen LogP contribution in [0.2, 0.25) is 0 Å². The lowest BCUT2D eigenvalue weighted by Crippen LogP contribution is -2.30. The van der Waals surface area contributed by atoms with Crippen molar-refractivity contribution in [2.45, 2.75) is 10.1 Å². The minimum atomic E-state index is -0.605. The Balaban J connectivity index is 1.22. The minimum Gasteiger partial charge on any atom is -0.497 e. The van der Waals surface area contributed by atoms with Crippen molar-refractivity contribution in [2.75, 3.05) is 24.9 Å². The van der Waals surface area contributed by atoms with Crippen LogP contribution in [0.5, 0.6) is 11.5 Å². The number of hydrogen-bond acceptors (Lipinski definition) is 6. The molecule has 4 N–H and O–H groups in total. The fraction of sp³-hybridized carbons (Fsp3) is 0.0750. The Hall–Kier alpha value is -6.26. The van der Waals surface area contributed by atoms with Gasteiger partial charge >= 0.3 is 0 Å². The topological polar surface area (TPSA) is 122 Å². The van der Waals surface area contributed by atoms with Crippen molar-refractivity contribution in [3.63, 3.8) is 0 Å². The standard InChI is InChI=1S/C40H34N4O5S/c1-48-30-19-22-36(49-2)34(24-30)43-40(47)37(26-11-5-3-6-12-26)50-31-20-17-29(18-21-31)42-39(46)35(44-38(45)27-13-7-4-8-14-27)23-28-25-41-33-16-10-9-15-32(28)33/h3-25,37,41H,1-2H3,(H,42,46)(H,43,47)(H,44,45). The van der Waals surface area contributed by atoms with Gasteiger partial charge in [-0.25, -0.2) is 0 Å². The second-order valence-corrected chi connectivity index (χ2v) is 12.3. The van der Waals surface area contributed by atoms with Crippen molar-refractivity contribution < 1.29 is 23.9 Å². The van der Waals surface area contributed by atoms with Crippen molar-refractivity contribution in [3.05, 3.63) is 156 Å². The van der Waals surface area contributed by atoms with E-state index < -0.39 is 17.1 Å². The van der Waals surface area contributed by atoms with E-state index in [0.29, 0.717) is 28.4 Å². The third kappa shape index (κ3) is 8.05. The molecule has 0 aliphatic rings. The first-order valence-corrected chi connectivity index (χ1v) is 16.6. The number of amides is 3. The Bertz CT molecular complexity index is 2150. The molecule has 0 radical (unpaired) electrons. The third-order valence-corrected chi connectivity index (χ3v) is 9.09. The van der Waals surface area contributed by atoms with Crippen molar-refractivity contribution in [1.29, 1.82) is 0 Å². The second kappa shape index (κ2) is 15.8. The molecule has 1 unspecified atom stereocenters. The van der Waals surface area contributed by atoms with Crippen molar-refractivity contribution in [3.8, 4) is 11.5 Å². The Kier molecular flexibility index (Phi) is 10.6. The summed E-state index contributed by atoms with van der Waals surface area (Å²) >= 11 is 1.37. The summed E-state index contributed by atoms with van der Waals surface area (Å²) in [5.74, 6) is -0.0497. The van der Waals surface area contributed by atoms with Crippen molar-refractivity contribution in [1.82, 2.24) is 10.3 Å². The number of aromatic amines is 1. The SMILES string of the molecule is COc1ccc(OC)c(NC(=O)C(Sc2ccc(NC(=O)C(=Cc3c[nH]c4ccccc34)NC(=O)c3ccccc3)cc2)c2ccccc2)c1. The number of fused-ring (bicyclic) bond motifs is 1. The van der Waals surface area contributed by atoms with Crippen LogP contribution in [0, 0.1) is 0 Å². The first-order chi connectivity index (χ1) is 24.4. The van der Waals surface area contributed by atoms with Crippen LogP contribution in [0.3, 0.4) is 0 Å². The van der Waals surface area contributed by atoms with E-state index in [1.54, 1.807) is 81.1 Å². The van der Waals surface area contributed by atoms with Gasteiger partial charge in [0.1, 0.15) is 22.4 Å². The van der Waals surface area contributed by atoms with E-state index in [4.69, 9.17) is 9.47 Å². The number of thioether (sulfide) groups is 1. The molecule has 250 valence electrons. The molecule has 1 aromatic heterocycles. The van der Waals surface area contributed by atoms with E-state index in [1.165, 1.54) is 11.8 Å². The molecule has 6 rings (SSSR count). The molecule has 0 saturated heterocycles. The first kappa shape index (κ1) is 33.6. The second-order valence-electron chi connectivity index (χ2n) is 11.1. The lowest BCUT2D eigenvalue weighted by atomic mass is 10.1. The summed E-state index contributed by atoms with van der Waals surface area (Å²) in [6.07, 6.45) is 3.45. The van der Waals surface area contributed by atoms with Crippen LogP contribution in [0.1, 0.15) is 26.7 Å². The van der Waals surface area contributed by atoms with Gasteiger partial charge < -0.3 is 30.4 Å². The highest BCUT2D eigenvalue weighted by Gasteiger charge is 2.24. The Morgan fingerprint density at radius 2 is 1.46 bits per heavy atom. The van der Waals surface area contributed by atoms with Crippen LogP contribution in [0.4, 0.5) is 11.4 Å². The maximum Gasteiger partial charge on any atom is 0.272 e. The average molecular weight is 683 g/mol. The van der Waals surface area contributed by atoms with Crippen molar-refractivity contribution >= 4 is 57.8 Å². The molecule has 10 heteroatoms. The minimum absolute atomic E-state index is 0.0795. The van der Waals surface area contributed by atoms with Crippen LogP contribution in [-0.2, 0) is 9.59 Å². The average Bonchev–Trinajstić information content (AvgIpc) is 3.57. The Morgan fingerprint density at radius 1 is 0.760 bits per heavy atom. The number of methoxy groups -OCH3 is 2. The highest BCUT2D eigenvalue weighted by molar-refractivity contribution is 8.00. The summed E-state index contributed by atoms with van der Waals surface area (Å²) in [6, 6.07) is 38.3. The molecule has 3 amide bonds. The Morgan fingerprint density at radius 3 is 2.18 bits per heavy atom. The van der Waals surface area contributed by atoms with Gasteiger partial charge in [-0.1, -0.05) is 66.7 Å². The predicted molar refractivity (Wildman–Crippen MR) is 198 cm³/mol. The number of hydrogen-bond donors (Lipinski definition) is 4. The van der Waals surface area contributed by atoms with Gasteiger partial charge in [-0.3, -0.25) is 14.4 Å². The summed E-state index contributed by atoms with van der Waals surface area (Å²) < 4.78 is 10.8. The fourth-order valence-corrected chi connectivity index (χ4v) is 6.30. The highest BCUT2D eigenvalue weighted by Crippen LogP contribution is 2.38. The molecule has 1 heterocycles. The number of benzene rings is 5. The number of H-pyrrole nitrogens is 1. The molecule has 0 bridgehead atoms. The fourth-order valence-electron chi connectivity index (χ4n) is 5.27. The smallest absolute Gasteiger partial charge is 0.272 e. The van der Waals surface area contributed by atoms with Crippen LogP contribution in [-0.4, -0.2) is 36.9 Å². The normalized spacial score (nSPS) is 11.8. The maximum atomic E-state index is 13.7. The summed E-state index contributed by atoms with van der Waals surface area (Å²) in [7, 11) is 3.10. The highest BCUT2D eigenvalue weighted by atomic mass is 32.2. The Labute approximate surface area is 293 Å². The molecular formula is C40H34N4O5S. The molecular weight excluding hydrogens is 649 g/mol. The third-order valence-electron chi connectivity index (χ3n) is 7.82. The van der Waals surface area contributed by atoms with Gasteiger partial charge in [0.05, 0.1) is 19.9 Å². The van der Waals surface area contributed by atoms with Crippen LogP contribution in [0.15, 0.2) is 144 Å². The lowest BCUT2D eigenvalue weighted by molar-refractivity contribution is -0.116. The van der Waals surface area contributed by atoms with E-state index in [0.717, 1.165) is 26.9 Å². The zero-order valence-electron chi connectivity index (χ0n) is 27.3. The van der Waals surface area contributed by atoms with Gasteiger partial charge in [0.25, 0.3) is 11.8 Å².